The van der Waals surface area contributed by atoms with Gasteiger partial charge < -0.3 is 15.5 Å². The maximum absolute atomic E-state index is 13.3. The summed E-state index contributed by atoms with van der Waals surface area (Å²) in [4.78, 5) is 32.0. The number of hydrogen-bond donors (Lipinski definition) is 2. The van der Waals surface area contributed by atoms with Crippen molar-refractivity contribution >= 4 is 17.5 Å². The molecule has 0 spiro atoms. The van der Waals surface area contributed by atoms with E-state index in [9.17, 15) is 9.59 Å². The predicted molar refractivity (Wildman–Crippen MR) is 113 cm³/mol. The molecule has 1 saturated heterocycles. The number of hydrogen-bond acceptors (Lipinski definition) is 4. The molecule has 0 bridgehead atoms. The van der Waals surface area contributed by atoms with Gasteiger partial charge in [-0.3, -0.25) is 14.6 Å². The second-order valence-electron chi connectivity index (χ2n) is 7.91. The van der Waals surface area contributed by atoms with Crippen LogP contribution in [0.25, 0.3) is 0 Å². The number of anilines is 1. The number of nitrogens with zero attached hydrogens (tertiary/aromatic N) is 2. The molecular formula is C23H28N4O2. The van der Waals surface area contributed by atoms with Gasteiger partial charge >= 0.3 is 0 Å². The fraction of sp³-hybridized carbons (Fsp3) is 0.435. The van der Waals surface area contributed by atoms with Gasteiger partial charge in [0, 0.05) is 49.2 Å². The van der Waals surface area contributed by atoms with Crippen molar-refractivity contribution in [2.45, 2.75) is 38.1 Å². The molecule has 2 heterocycles. The molecule has 1 atom stereocenters. The fourth-order valence-electron chi connectivity index (χ4n) is 4.32. The molecule has 2 aromatic rings. The molecule has 1 aromatic carbocycles. The van der Waals surface area contributed by atoms with E-state index in [4.69, 9.17) is 0 Å². The third kappa shape index (κ3) is 4.65. The molecule has 2 aliphatic rings. The first-order chi connectivity index (χ1) is 14.2. The summed E-state index contributed by atoms with van der Waals surface area (Å²) in [5.74, 6) is 0.144. The number of nitrogens with one attached hydrogen (secondary N) is 2. The van der Waals surface area contributed by atoms with E-state index in [1.54, 1.807) is 12.3 Å². The van der Waals surface area contributed by atoms with Gasteiger partial charge in [-0.25, -0.2) is 0 Å². The smallest absolute Gasteiger partial charge is 0.254 e. The maximum Gasteiger partial charge on any atom is 0.254 e. The van der Waals surface area contributed by atoms with E-state index in [0.29, 0.717) is 24.3 Å². The zero-order valence-electron chi connectivity index (χ0n) is 16.6. The molecule has 1 saturated carbocycles. The van der Waals surface area contributed by atoms with Gasteiger partial charge in [0.05, 0.1) is 6.04 Å². The second-order valence-corrected chi connectivity index (χ2v) is 7.91. The molecule has 1 aromatic heterocycles. The van der Waals surface area contributed by atoms with Crippen molar-refractivity contribution in [2.75, 3.05) is 25.0 Å². The number of carbonyl (C=O) groups excluding carboxylic acids is 2. The lowest BCUT2D eigenvalue weighted by Gasteiger charge is -2.36. The molecule has 1 unspecified atom stereocenters. The van der Waals surface area contributed by atoms with Gasteiger partial charge in [0.2, 0.25) is 5.91 Å². The molecule has 29 heavy (non-hydrogen) atoms. The average Bonchev–Trinajstić information content (AvgIpc) is 2.80. The van der Waals surface area contributed by atoms with Crippen molar-refractivity contribution in [3.05, 3.63) is 59.9 Å². The van der Waals surface area contributed by atoms with Crippen LogP contribution in [0.3, 0.4) is 0 Å². The molecule has 2 amide bonds. The Hall–Kier alpha value is -2.73. The highest BCUT2D eigenvalue weighted by molar-refractivity contribution is 5.98. The van der Waals surface area contributed by atoms with Crippen LogP contribution >= 0.6 is 0 Å². The topological polar surface area (TPSA) is 74.3 Å². The first-order valence-electron chi connectivity index (χ1n) is 10.5. The number of piperazine rings is 1. The van der Waals surface area contributed by atoms with E-state index in [1.807, 2.05) is 41.4 Å². The monoisotopic (exact) mass is 392 g/mol. The minimum Gasteiger partial charge on any atom is -0.329 e. The molecule has 6 nitrogen and oxygen atoms in total. The fourth-order valence-corrected chi connectivity index (χ4v) is 4.32. The molecule has 2 N–H and O–H groups in total. The van der Waals surface area contributed by atoms with Crippen LogP contribution in [0.15, 0.2) is 48.8 Å². The van der Waals surface area contributed by atoms with E-state index in [-0.39, 0.29) is 23.8 Å². The van der Waals surface area contributed by atoms with Gasteiger partial charge in [0.25, 0.3) is 5.91 Å². The summed E-state index contributed by atoms with van der Waals surface area (Å²) >= 11 is 0. The number of pyridine rings is 1. The lowest BCUT2D eigenvalue weighted by Crippen LogP contribution is -2.48. The summed E-state index contributed by atoms with van der Waals surface area (Å²) in [7, 11) is 0. The molecule has 6 heteroatoms. The Morgan fingerprint density at radius 3 is 2.76 bits per heavy atom. The zero-order chi connectivity index (χ0) is 20.1. The van der Waals surface area contributed by atoms with E-state index in [2.05, 4.69) is 15.6 Å². The number of rotatable bonds is 4. The summed E-state index contributed by atoms with van der Waals surface area (Å²) in [6.45, 7) is 2.10. The second kappa shape index (κ2) is 9.18. The molecule has 1 aliphatic heterocycles. The van der Waals surface area contributed by atoms with Crippen molar-refractivity contribution in [2.24, 2.45) is 5.92 Å². The predicted octanol–water partition coefficient (Wildman–Crippen LogP) is 3.39. The summed E-state index contributed by atoms with van der Waals surface area (Å²) in [5, 5.41) is 6.39. The van der Waals surface area contributed by atoms with Gasteiger partial charge in [-0.05, 0) is 42.7 Å². The summed E-state index contributed by atoms with van der Waals surface area (Å²) in [5.41, 5.74) is 2.32. The van der Waals surface area contributed by atoms with E-state index < -0.39 is 0 Å². The number of carbonyl (C=O) groups is 2. The number of amides is 2. The Morgan fingerprint density at radius 2 is 1.97 bits per heavy atom. The maximum atomic E-state index is 13.3. The van der Waals surface area contributed by atoms with Gasteiger partial charge in [-0.1, -0.05) is 31.4 Å². The lowest BCUT2D eigenvalue weighted by atomic mass is 9.88. The van der Waals surface area contributed by atoms with Crippen LogP contribution in [-0.2, 0) is 4.79 Å². The zero-order valence-corrected chi connectivity index (χ0v) is 16.6. The van der Waals surface area contributed by atoms with Crippen molar-refractivity contribution < 1.29 is 9.59 Å². The molecule has 2 fully saturated rings. The van der Waals surface area contributed by atoms with E-state index >= 15 is 0 Å². The van der Waals surface area contributed by atoms with Gasteiger partial charge in [-0.2, -0.15) is 0 Å². The normalized spacial score (nSPS) is 20.3. The van der Waals surface area contributed by atoms with Crippen LogP contribution in [0.1, 0.15) is 54.1 Å². The van der Waals surface area contributed by atoms with Gasteiger partial charge in [-0.15, -0.1) is 0 Å². The van der Waals surface area contributed by atoms with Crippen LogP contribution < -0.4 is 10.6 Å². The van der Waals surface area contributed by atoms with Crippen LogP contribution in [0.5, 0.6) is 0 Å². The highest BCUT2D eigenvalue weighted by Crippen LogP contribution is 2.26. The van der Waals surface area contributed by atoms with Crippen LogP contribution in [-0.4, -0.2) is 41.3 Å². The van der Waals surface area contributed by atoms with E-state index in [1.165, 1.54) is 6.42 Å². The minimum absolute atomic E-state index is 0.0193. The largest absolute Gasteiger partial charge is 0.329 e. The summed E-state index contributed by atoms with van der Waals surface area (Å²) < 4.78 is 0. The lowest BCUT2D eigenvalue weighted by molar-refractivity contribution is -0.120. The van der Waals surface area contributed by atoms with Gasteiger partial charge in [0.1, 0.15) is 0 Å². The molecular weight excluding hydrogens is 364 g/mol. The molecule has 152 valence electrons. The first-order valence-corrected chi connectivity index (χ1v) is 10.5. The highest BCUT2D eigenvalue weighted by atomic mass is 16.2. The highest BCUT2D eigenvalue weighted by Gasteiger charge is 2.29. The van der Waals surface area contributed by atoms with Crippen LogP contribution in [0, 0.1) is 5.92 Å². The van der Waals surface area contributed by atoms with Crippen LogP contribution in [0.4, 0.5) is 5.69 Å². The third-order valence-electron chi connectivity index (χ3n) is 5.93. The Balaban J connectivity index is 1.49. The Morgan fingerprint density at radius 1 is 1.10 bits per heavy atom. The Labute approximate surface area is 171 Å². The quantitative estimate of drug-likeness (QED) is 0.836. The summed E-state index contributed by atoms with van der Waals surface area (Å²) in [6.07, 6.45) is 8.93. The third-order valence-corrected chi connectivity index (χ3v) is 5.93. The van der Waals surface area contributed by atoms with Gasteiger partial charge in [0.15, 0.2) is 0 Å². The van der Waals surface area contributed by atoms with E-state index in [0.717, 1.165) is 37.8 Å². The number of benzene rings is 1. The molecule has 0 radical (unpaired) electrons. The standard InChI is InChI=1S/C23H28N4O2/c28-22(17-6-2-1-3-7-17)26-20-10-4-8-18(14-20)23(29)27-13-12-25-16-21(27)19-9-5-11-24-15-19/h4-5,8-11,14-15,17,21,25H,1-3,6-7,12-13,16H2,(H,26,28). The van der Waals surface area contributed by atoms with Crippen LogP contribution in [0.2, 0.25) is 0 Å². The molecule has 1 aliphatic carbocycles. The van der Waals surface area contributed by atoms with Crippen molar-refractivity contribution in [1.29, 1.82) is 0 Å². The first kappa shape index (κ1) is 19.6. The van der Waals surface area contributed by atoms with Crippen molar-refractivity contribution in [3.8, 4) is 0 Å². The Kier molecular flexibility index (Phi) is 6.20. The summed E-state index contributed by atoms with van der Waals surface area (Å²) in [6, 6.07) is 11.2. The minimum atomic E-state index is -0.0505. The SMILES string of the molecule is O=C(Nc1cccc(C(=O)N2CCNCC2c2cccnc2)c1)C1CCCCC1. The average molecular weight is 393 g/mol. The van der Waals surface area contributed by atoms with Crippen molar-refractivity contribution in [3.63, 3.8) is 0 Å². The molecule has 4 rings (SSSR count). The van der Waals surface area contributed by atoms with Crippen molar-refractivity contribution in [1.82, 2.24) is 15.2 Å². The number of aromatic nitrogens is 1. The Bertz CT molecular complexity index is 849.